The quantitative estimate of drug-likeness (QED) is 0.665. The number of quaternary nitrogens is 1. The highest BCUT2D eigenvalue weighted by atomic mass is 35.5. The van der Waals surface area contributed by atoms with E-state index in [9.17, 15) is 4.79 Å². The Morgan fingerprint density at radius 2 is 1.96 bits per heavy atom. The van der Waals surface area contributed by atoms with E-state index in [2.05, 4.69) is 5.01 Å². The predicted molar refractivity (Wildman–Crippen MR) is 93.4 cm³/mol. The molecule has 1 unspecified atom stereocenters. The van der Waals surface area contributed by atoms with Gasteiger partial charge in [-0.2, -0.15) is 4.79 Å². The summed E-state index contributed by atoms with van der Waals surface area (Å²) in [5.74, 6) is 0.805. The van der Waals surface area contributed by atoms with E-state index >= 15 is 0 Å². The van der Waals surface area contributed by atoms with Crippen LogP contribution in [0.2, 0.25) is 0 Å². The van der Waals surface area contributed by atoms with E-state index in [0.29, 0.717) is 13.2 Å². The van der Waals surface area contributed by atoms with Crippen LogP contribution < -0.4 is 12.4 Å². The van der Waals surface area contributed by atoms with Gasteiger partial charge in [-0.25, -0.2) is 0 Å². The third-order valence-corrected chi connectivity index (χ3v) is 5.27. The van der Waals surface area contributed by atoms with E-state index in [1.165, 1.54) is 7.11 Å². The highest BCUT2D eigenvalue weighted by Gasteiger charge is 2.59. The summed E-state index contributed by atoms with van der Waals surface area (Å²) < 4.78 is 16.4. The third-order valence-electron chi connectivity index (χ3n) is 5.27. The summed E-state index contributed by atoms with van der Waals surface area (Å²) in [6.07, 6.45) is 3.79. The molecule has 2 aliphatic heterocycles. The zero-order valence-electron chi connectivity index (χ0n) is 15.6. The molecular weight excluding hydrogens is 356 g/mol. The van der Waals surface area contributed by atoms with Crippen molar-refractivity contribution >= 4 is 6.09 Å². The molecule has 0 spiro atoms. The van der Waals surface area contributed by atoms with Crippen molar-refractivity contribution in [2.75, 3.05) is 41.0 Å². The van der Waals surface area contributed by atoms with Crippen LogP contribution in [0.3, 0.4) is 0 Å². The molecule has 0 aromatic heterocycles. The number of hydrogen-bond donors (Lipinski definition) is 0. The summed E-state index contributed by atoms with van der Waals surface area (Å²) in [5, 5.41) is 2.23. The second kappa shape index (κ2) is 8.86. The minimum absolute atomic E-state index is 0. The van der Waals surface area contributed by atoms with Crippen molar-refractivity contribution < 1.29 is 36.0 Å². The maximum absolute atomic E-state index is 13.1. The van der Waals surface area contributed by atoms with Crippen LogP contribution in [0, 0.1) is 0 Å². The van der Waals surface area contributed by atoms with Crippen molar-refractivity contribution in [2.45, 2.75) is 24.9 Å². The predicted octanol–water partition coefficient (Wildman–Crippen LogP) is -0.115. The second-order valence-electron chi connectivity index (χ2n) is 6.52. The smallest absolute Gasteiger partial charge is 0.537 e. The molecule has 26 heavy (non-hydrogen) atoms. The first-order chi connectivity index (χ1) is 12.2. The zero-order valence-corrected chi connectivity index (χ0v) is 16.3. The lowest BCUT2D eigenvalue weighted by Gasteiger charge is -2.44. The van der Waals surface area contributed by atoms with Crippen molar-refractivity contribution in [3.63, 3.8) is 0 Å². The Morgan fingerprint density at radius 3 is 2.58 bits per heavy atom. The van der Waals surface area contributed by atoms with Gasteiger partial charge in [-0.1, -0.05) is 30.3 Å². The molecule has 1 amide bonds. The van der Waals surface area contributed by atoms with Gasteiger partial charge >= 0.3 is 6.09 Å². The van der Waals surface area contributed by atoms with E-state index in [1.54, 1.807) is 14.2 Å². The molecule has 1 aromatic carbocycles. The first-order valence-corrected chi connectivity index (χ1v) is 8.70. The average Bonchev–Trinajstić information content (AvgIpc) is 3.27. The summed E-state index contributed by atoms with van der Waals surface area (Å²) in [6.45, 7) is 1.95. The van der Waals surface area contributed by atoms with Crippen molar-refractivity contribution in [3.8, 4) is 0 Å². The van der Waals surface area contributed by atoms with Crippen LogP contribution in [0.15, 0.2) is 42.2 Å². The normalized spacial score (nSPS) is 28.3. The molecule has 0 radical (unpaired) electrons. The summed E-state index contributed by atoms with van der Waals surface area (Å²) in [7, 11) is 4.82. The SMILES string of the molecule is COC[C@@H]1CCCN1[N+]1(C(=O)OC)CC=C(OC)[C@@H]1c1ccccc1.[Cl-]. The Balaban J connectivity index is 0.00000243. The maximum atomic E-state index is 13.1. The number of amides is 1. The third kappa shape index (κ3) is 3.34. The Labute approximate surface area is 161 Å². The molecule has 2 aliphatic rings. The van der Waals surface area contributed by atoms with Gasteiger partial charge in [0.2, 0.25) is 6.04 Å². The molecule has 6 nitrogen and oxygen atoms in total. The van der Waals surface area contributed by atoms with Gasteiger partial charge in [-0.15, -0.1) is 9.60 Å². The summed E-state index contributed by atoms with van der Waals surface area (Å²) in [6, 6.07) is 9.98. The highest BCUT2D eigenvalue weighted by molar-refractivity contribution is 5.61. The molecule has 3 rings (SSSR count). The van der Waals surface area contributed by atoms with Gasteiger partial charge in [-0.05, 0) is 12.8 Å². The number of nitrogens with zero attached hydrogens (tertiary/aromatic N) is 2. The first kappa shape index (κ1) is 20.7. The minimum Gasteiger partial charge on any atom is -1.00 e. The molecule has 3 atom stereocenters. The molecule has 1 saturated heterocycles. The Morgan fingerprint density at radius 1 is 1.23 bits per heavy atom. The number of carbonyl (C=O) groups is 1. The van der Waals surface area contributed by atoms with Gasteiger partial charge in [0.25, 0.3) is 0 Å². The highest BCUT2D eigenvalue weighted by Crippen LogP contribution is 2.45. The molecule has 1 aromatic rings. The topological polar surface area (TPSA) is 48.0 Å². The van der Waals surface area contributed by atoms with E-state index in [-0.39, 0.29) is 35.2 Å². The fraction of sp³-hybridized carbons (Fsp3) is 0.526. The lowest BCUT2D eigenvalue weighted by molar-refractivity contribution is -0.987. The number of halogens is 1. The minimum atomic E-state index is -0.264. The van der Waals surface area contributed by atoms with Gasteiger partial charge in [-0.3, -0.25) is 0 Å². The number of hydrogen-bond acceptors (Lipinski definition) is 5. The molecule has 1 fully saturated rings. The fourth-order valence-electron chi connectivity index (χ4n) is 4.25. The van der Waals surface area contributed by atoms with Crippen molar-refractivity contribution in [2.24, 2.45) is 0 Å². The van der Waals surface area contributed by atoms with E-state index < -0.39 is 0 Å². The summed E-state index contributed by atoms with van der Waals surface area (Å²) in [4.78, 5) is 13.1. The molecule has 144 valence electrons. The zero-order chi connectivity index (χ0) is 17.9. The lowest BCUT2D eigenvalue weighted by atomic mass is 10.0. The molecule has 7 heteroatoms. The van der Waals surface area contributed by atoms with E-state index in [4.69, 9.17) is 14.2 Å². The molecule has 0 saturated carbocycles. The van der Waals surface area contributed by atoms with Crippen molar-refractivity contribution in [3.05, 3.63) is 47.7 Å². The van der Waals surface area contributed by atoms with Crippen LogP contribution in [-0.2, 0) is 14.2 Å². The second-order valence-corrected chi connectivity index (χ2v) is 6.52. The van der Waals surface area contributed by atoms with Crippen LogP contribution in [0.1, 0.15) is 24.4 Å². The van der Waals surface area contributed by atoms with Gasteiger partial charge < -0.3 is 26.6 Å². The van der Waals surface area contributed by atoms with Gasteiger partial charge in [0.05, 0.1) is 26.9 Å². The van der Waals surface area contributed by atoms with Gasteiger partial charge in [0, 0.05) is 25.3 Å². The summed E-state index contributed by atoms with van der Waals surface area (Å²) in [5.41, 5.74) is 1.04. The Hall–Kier alpha value is -1.60. The van der Waals surface area contributed by atoms with Gasteiger partial charge in [0.15, 0.2) is 5.76 Å². The monoisotopic (exact) mass is 382 g/mol. The number of benzene rings is 1. The van der Waals surface area contributed by atoms with Crippen LogP contribution in [0.4, 0.5) is 4.79 Å². The molecular formula is C19H27ClN2O4. The average molecular weight is 383 g/mol. The standard InChI is InChI=1S/C19H27N2O4.ClH/c1-23-14-16-10-7-12-20(16)21(19(22)25-3)13-11-17(24-2)18(21)15-8-5-4-6-9-15;/h4-6,8-9,11,16,18H,7,10,12-14H2,1-3H3;1H/q+1;/p-1/t16-,18-,21?;/m0./s1. The van der Waals surface area contributed by atoms with Gasteiger partial charge in [0.1, 0.15) is 6.54 Å². The number of rotatable bonds is 5. The van der Waals surface area contributed by atoms with E-state index in [1.807, 2.05) is 36.4 Å². The van der Waals surface area contributed by atoms with Crippen molar-refractivity contribution in [1.29, 1.82) is 0 Å². The van der Waals surface area contributed by atoms with Crippen LogP contribution in [-0.4, -0.2) is 62.8 Å². The van der Waals surface area contributed by atoms with Crippen LogP contribution in [0.25, 0.3) is 0 Å². The van der Waals surface area contributed by atoms with Crippen LogP contribution >= 0.6 is 0 Å². The summed E-state index contributed by atoms with van der Waals surface area (Å²) >= 11 is 0. The van der Waals surface area contributed by atoms with Crippen molar-refractivity contribution in [1.82, 2.24) is 5.01 Å². The number of ether oxygens (including phenoxy) is 3. The molecule has 2 heterocycles. The molecule has 0 bridgehead atoms. The van der Waals surface area contributed by atoms with E-state index in [0.717, 1.165) is 30.7 Å². The largest absolute Gasteiger partial charge is 1.00 e. The Bertz CT molecular complexity index is 640. The first-order valence-electron chi connectivity index (χ1n) is 8.70. The lowest BCUT2D eigenvalue weighted by Crippen LogP contribution is -3.00. The molecule has 0 N–H and O–H groups in total. The van der Waals surface area contributed by atoms with Crippen LogP contribution in [0.5, 0.6) is 0 Å². The molecule has 0 aliphatic carbocycles. The Kier molecular flexibility index (Phi) is 7.06. The number of methoxy groups -OCH3 is 3. The fourth-order valence-corrected chi connectivity index (χ4v) is 4.25. The maximum Gasteiger partial charge on any atom is 0.537 e. The number of carbonyl (C=O) groups excluding carboxylic acids is 1.